The molecule has 2 aromatic carbocycles. The lowest BCUT2D eigenvalue weighted by molar-refractivity contribution is -0.142. The second kappa shape index (κ2) is 7.70. The van der Waals surface area contributed by atoms with Crippen LogP contribution < -0.4 is 5.56 Å². The van der Waals surface area contributed by atoms with Crippen LogP contribution in [-0.4, -0.2) is 27.4 Å². The first-order valence-electron chi connectivity index (χ1n) is 8.12. The van der Waals surface area contributed by atoms with Crippen LogP contribution in [0.25, 0.3) is 16.6 Å². The van der Waals surface area contributed by atoms with Crippen molar-refractivity contribution in [1.82, 2.24) is 9.55 Å². The molecular weight excluding hydrogens is 355 g/mol. The molecule has 1 aromatic heterocycles. The number of ether oxygens (including phenoxy) is 1. The third-order valence-corrected chi connectivity index (χ3v) is 4.76. The van der Waals surface area contributed by atoms with Gasteiger partial charge < -0.3 is 4.74 Å². The van der Waals surface area contributed by atoms with Gasteiger partial charge in [-0.15, -0.1) is 0 Å². The average Bonchev–Trinajstić information content (AvgIpc) is 2.63. The van der Waals surface area contributed by atoms with Gasteiger partial charge in [0.2, 0.25) is 0 Å². The second-order valence-electron chi connectivity index (χ2n) is 5.54. The van der Waals surface area contributed by atoms with Gasteiger partial charge in [0.25, 0.3) is 5.56 Å². The van der Waals surface area contributed by atoms with E-state index in [1.54, 1.807) is 38.1 Å². The van der Waals surface area contributed by atoms with Crippen LogP contribution in [0, 0.1) is 5.82 Å². The van der Waals surface area contributed by atoms with Gasteiger partial charge in [0, 0.05) is 0 Å². The first-order valence-corrected chi connectivity index (χ1v) is 9.00. The largest absolute Gasteiger partial charge is 0.465 e. The number of nitrogens with zero attached hydrogens (tertiary/aromatic N) is 2. The molecule has 1 atom stereocenters. The fraction of sp³-hybridized carbons (Fsp3) is 0.211. The maximum Gasteiger partial charge on any atom is 0.319 e. The number of para-hydroxylation sites is 1. The molecule has 0 bridgehead atoms. The monoisotopic (exact) mass is 372 g/mol. The van der Waals surface area contributed by atoms with Crippen molar-refractivity contribution in [3.63, 3.8) is 0 Å². The van der Waals surface area contributed by atoms with Crippen LogP contribution in [0.1, 0.15) is 13.8 Å². The molecule has 3 rings (SSSR count). The molecule has 0 saturated carbocycles. The topological polar surface area (TPSA) is 61.2 Å². The van der Waals surface area contributed by atoms with Crippen LogP contribution in [0.2, 0.25) is 0 Å². The highest BCUT2D eigenvalue weighted by Gasteiger charge is 2.21. The summed E-state index contributed by atoms with van der Waals surface area (Å²) in [6.45, 7) is 3.71. The Hall–Kier alpha value is -2.67. The maximum atomic E-state index is 13.3. The summed E-state index contributed by atoms with van der Waals surface area (Å²) < 4.78 is 19.7. The zero-order chi connectivity index (χ0) is 18.7. The van der Waals surface area contributed by atoms with E-state index in [9.17, 15) is 14.0 Å². The van der Waals surface area contributed by atoms with Gasteiger partial charge in [0.15, 0.2) is 5.16 Å². The first kappa shape index (κ1) is 18.1. The highest BCUT2D eigenvalue weighted by atomic mass is 32.2. The Morgan fingerprint density at radius 2 is 1.92 bits per heavy atom. The fourth-order valence-corrected chi connectivity index (χ4v) is 3.40. The van der Waals surface area contributed by atoms with E-state index in [0.717, 1.165) is 11.8 Å². The fourth-order valence-electron chi connectivity index (χ4n) is 2.48. The molecule has 5 nitrogen and oxygen atoms in total. The first-order chi connectivity index (χ1) is 12.5. The van der Waals surface area contributed by atoms with Crippen LogP contribution in [0.4, 0.5) is 4.39 Å². The minimum Gasteiger partial charge on any atom is -0.465 e. The molecule has 0 aliphatic heterocycles. The van der Waals surface area contributed by atoms with Crippen molar-refractivity contribution in [1.29, 1.82) is 0 Å². The van der Waals surface area contributed by atoms with Gasteiger partial charge >= 0.3 is 5.97 Å². The van der Waals surface area contributed by atoms with E-state index in [2.05, 4.69) is 4.98 Å². The molecule has 0 aliphatic carbocycles. The molecule has 0 aliphatic rings. The third kappa shape index (κ3) is 3.62. The molecule has 0 saturated heterocycles. The minimum atomic E-state index is -0.547. The summed E-state index contributed by atoms with van der Waals surface area (Å²) in [5, 5.41) is 0.250. The standard InChI is InChI=1S/C19H17FN2O3S/c1-3-25-18(24)12(2)26-19-21-16-7-5-4-6-15(16)17(23)22(19)14-10-8-13(20)9-11-14/h4-12H,3H2,1-2H3. The molecule has 0 radical (unpaired) electrons. The Morgan fingerprint density at radius 1 is 1.23 bits per heavy atom. The van der Waals surface area contributed by atoms with Crippen LogP contribution in [0.15, 0.2) is 58.5 Å². The highest BCUT2D eigenvalue weighted by Crippen LogP contribution is 2.25. The van der Waals surface area contributed by atoms with E-state index in [1.807, 2.05) is 0 Å². The zero-order valence-corrected chi connectivity index (χ0v) is 15.1. The summed E-state index contributed by atoms with van der Waals surface area (Å²) >= 11 is 1.13. The summed E-state index contributed by atoms with van der Waals surface area (Å²) in [4.78, 5) is 29.5. The van der Waals surface area contributed by atoms with E-state index >= 15 is 0 Å². The van der Waals surface area contributed by atoms with Crippen LogP contribution in [0.3, 0.4) is 0 Å². The number of aromatic nitrogens is 2. The van der Waals surface area contributed by atoms with Gasteiger partial charge in [-0.2, -0.15) is 0 Å². The number of hydrogen-bond donors (Lipinski definition) is 0. The summed E-state index contributed by atoms with van der Waals surface area (Å²) in [5.41, 5.74) is 0.739. The Bertz CT molecular complexity index is 1000. The van der Waals surface area contributed by atoms with Crippen molar-refractivity contribution < 1.29 is 13.9 Å². The maximum absolute atomic E-state index is 13.3. The average molecular weight is 372 g/mol. The molecule has 7 heteroatoms. The molecular formula is C19H17FN2O3S. The SMILES string of the molecule is CCOC(=O)C(C)Sc1nc2ccccc2c(=O)n1-c1ccc(F)cc1. The number of carbonyl (C=O) groups is 1. The molecule has 3 aromatic rings. The molecule has 1 unspecified atom stereocenters. The molecule has 1 heterocycles. The zero-order valence-electron chi connectivity index (χ0n) is 14.3. The summed E-state index contributed by atoms with van der Waals surface area (Å²) in [6, 6.07) is 12.5. The lowest BCUT2D eigenvalue weighted by Crippen LogP contribution is -2.24. The smallest absolute Gasteiger partial charge is 0.319 e. The molecule has 134 valence electrons. The van der Waals surface area contributed by atoms with Gasteiger partial charge in [0.05, 0.1) is 23.2 Å². The molecule has 26 heavy (non-hydrogen) atoms. The number of rotatable bonds is 5. The number of hydrogen-bond acceptors (Lipinski definition) is 5. The van der Waals surface area contributed by atoms with E-state index in [1.165, 1.54) is 28.8 Å². The van der Waals surface area contributed by atoms with Crippen LogP contribution in [0.5, 0.6) is 0 Å². The Kier molecular flexibility index (Phi) is 5.37. The van der Waals surface area contributed by atoms with Gasteiger partial charge in [0.1, 0.15) is 11.1 Å². The number of benzene rings is 2. The molecule has 0 fully saturated rings. The Balaban J connectivity index is 2.16. The quantitative estimate of drug-likeness (QED) is 0.389. The summed E-state index contributed by atoms with van der Waals surface area (Å²) in [5.74, 6) is -0.782. The third-order valence-electron chi connectivity index (χ3n) is 3.73. The predicted octanol–water partition coefficient (Wildman–Crippen LogP) is 3.57. The van der Waals surface area contributed by atoms with E-state index in [-0.39, 0.29) is 18.1 Å². The predicted molar refractivity (Wildman–Crippen MR) is 99.3 cm³/mol. The normalized spacial score (nSPS) is 12.1. The second-order valence-corrected chi connectivity index (χ2v) is 6.85. The van der Waals surface area contributed by atoms with E-state index < -0.39 is 11.1 Å². The summed E-state index contributed by atoms with van der Waals surface area (Å²) in [6.07, 6.45) is 0. The van der Waals surface area contributed by atoms with Crippen LogP contribution >= 0.6 is 11.8 Å². The summed E-state index contributed by atoms with van der Waals surface area (Å²) in [7, 11) is 0. The highest BCUT2D eigenvalue weighted by molar-refractivity contribution is 8.00. The van der Waals surface area contributed by atoms with Crippen molar-refractivity contribution in [3.8, 4) is 5.69 Å². The van der Waals surface area contributed by atoms with Crippen molar-refractivity contribution in [2.75, 3.05) is 6.61 Å². The van der Waals surface area contributed by atoms with Crippen molar-refractivity contribution in [3.05, 3.63) is 64.7 Å². The lowest BCUT2D eigenvalue weighted by Gasteiger charge is -2.15. The Morgan fingerprint density at radius 3 is 2.62 bits per heavy atom. The van der Waals surface area contributed by atoms with Crippen LogP contribution in [-0.2, 0) is 9.53 Å². The Labute approximate surface area is 153 Å². The number of halogens is 1. The number of carbonyl (C=O) groups excluding carboxylic acids is 1. The van der Waals surface area contributed by atoms with E-state index in [4.69, 9.17) is 4.74 Å². The van der Waals surface area contributed by atoms with Crippen molar-refractivity contribution >= 4 is 28.6 Å². The van der Waals surface area contributed by atoms with Gasteiger partial charge in [-0.05, 0) is 50.2 Å². The van der Waals surface area contributed by atoms with Gasteiger partial charge in [-0.1, -0.05) is 23.9 Å². The molecule has 0 spiro atoms. The van der Waals surface area contributed by atoms with Crippen molar-refractivity contribution in [2.24, 2.45) is 0 Å². The molecule has 0 amide bonds. The lowest BCUT2D eigenvalue weighted by atomic mass is 10.2. The number of fused-ring (bicyclic) bond motifs is 1. The molecule has 0 N–H and O–H groups in total. The van der Waals surface area contributed by atoms with Gasteiger partial charge in [-0.3, -0.25) is 14.2 Å². The van der Waals surface area contributed by atoms with E-state index in [0.29, 0.717) is 21.7 Å². The number of thioether (sulfide) groups is 1. The minimum absolute atomic E-state index is 0.277. The number of esters is 1. The van der Waals surface area contributed by atoms with Crippen molar-refractivity contribution in [2.45, 2.75) is 24.3 Å². The van der Waals surface area contributed by atoms with Gasteiger partial charge in [-0.25, -0.2) is 9.37 Å².